The highest BCUT2D eigenvalue weighted by atomic mass is 16.2. The molecule has 2 fully saturated rings. The van der Waals surface area contributed by atoms with Crippen molar-refractivity contribution in [3.8, 4) is 0 Å². The summed E-state index contributed by atoms with van der Waals surface area (Å²) >= 11 is 0. The van der Waals surface area contributed by atoms with Gasteiger partial charge in [0.15, 0.2) is 0 Å². The van der Waals surface area contributed by atoms with Crippen molar-refractivity contribution in [2.45, 2.75) is 44.6 Å². The van der Waals surface area contributed by atoms with E-state index in [4.69, 9.17) is 0 Å². The molecule has 1 saturated heterocycles. The van der Waals surface area contributed by atoms with Gasteiger partial charge in [-0.1, -0.05) is 18.9 Å². The zero-order valence-electron chi connectivity index (χ0n) is 10.7. The molecule has 3 rings (SSSR count). The fraction of sp³-hybridized carbons (Fsp3) is 0.600. The molecule has 1 atom stereocenters. The van der Waals surface area contributed by atoms with Crippen LogP contribution in [0, 0.1) is 5.92 Å². The lowest BCUT2D eigenvalue weighted by atomic mass is 10.0. The fourth-order valence-electron chi connectivity index (χ4n) is 3.36. The van der Waals surface area contributed by atoms with Crippen LogP contribution >= 0.6 is 0 Å². The number of hydrogen-bond acceptors (Lipinski definition) is 2. The van der Waals surface area contributed by atoms with Crippen LogP contribution in [0.1, 0.15) is 50.1 Å². The Kier molecular flexibility index (Phi) is 3.31. The molecule has 0 N–H and O–H groups in total. The third-order valence-electron chi connectivity index (χ3n) is 4.31. The topological polar surface area (TPSA) is 33.2 Å². The minimum absolute atomic E-state index is 0.270. The van der Waals surface area contributed by atoms with Crippen molar-refractivity contribution in [3.63, 3.8) is 0 Å². The quantitative estimate of drug-likeness (QED) is 0.801. The Morgan fingerprint density at radius 3 is 2.78 bits per heavy atom. The first-order valence-electron chi connectivity index (χ1n) is 7.06. The van der Waals surface area contributed by atoms with Gasteiger partial charge in [-0.15, -0.1) is 0 Å². The molecule has 1 aromatic rings. The molecular formula is C15H20N2O. The average Bonchev–Trinajstić information content (AvgIpc) is 3.10. The number of pyridine rings is 1. The number of carbonyl (C=O) groups excluding carboxylic acids is 1. The van der Waals surface area contributed by atoms with E-state index in [1.54, 1.807) is 6.20 Å². The molecule has 1 amide bonds. The number of carbonyl (C=O) groups is 1. The monoisotopic (exact) mass is 244 g/mol. The second-order valence-corrected chi connectivity index (χ2v) is 5.46. The Hall–Kier alpha value is -1.38. The molecule has 1 aliphatic carbocycles. The van der Waals surface area contributed by atoms with Gasteiger partial charge >= 0.3 is 0 Å². The van der Waals surface area contributed by atoms with Crippen LogP contribution in [-0.4, -0.2) is 22.3 Å². The number of likely N-dealkylation sites (tertiary alicyclic amines) is 1. The van der Waals surface area contributed by atoms with E-state index in [9.17, 15) is 4.79 Å². The molecule has 1 saturated carbocycles. The van der Waals surface area contributed by atoms with E-state index < -0.39 is 0 Å². The van der Waals surface area contributed by atoms with Crippen LogP contribution in [0.3, 0.4) is 0 Å². The molecule has 0 bridgehead atoms. The van der Waals surface area contributed by atoms with Crippen LogP contribution in [0.2, 0.25) is 0 Å². The Balaban J connectivity index is 1.77. The number of amides is 1. The maximum Gasteiger partial charge on any atom is 0.226 e. The molecule has 3 heteroatoms. The van der Waals surface area contributed by atoms with Crippen LogP contribution < -0.4 is 0 Å². The Morgan fingerprint density at radius 1 is 1.22 bits per heavy atom. The molecule has 0 spiro atoms. The summed E-state index contributed by atoms with van der Waals surface area (Å²) in [5.41, 5.74) is 1.20. The summed E-state index contributed by atoms with van der Waals surface area (Å²) in [5.74, 6) is 0.682. The molecule has 2 heterocycles. The maximum atomic E-state index is 12.5. The van der Waals surface area contributed by atoms with Crippen LogP contribution in [-0.2, 0) is 4.79 Å². The van der Waals surface area contributed by atoms with Crippen molar-refractivity contribution >= 4 is 5.91 Å². The first-order chi connectivity index (χ1) is 8.86. The Bertz CT molecular complexity index is 412. The molecule has 2 aliphatic rings. The van der Waals surface area contributed by atoms with Crippen LogP contribution in [0.25, 0.3) is 0 Å². The molecule has 1 unspecified atom stereocenters. The van der Waals surface area contributed by atoms with E-state index in [0.717, 1.165) is 32.2 Å². The van der Waals surface area contributed by atoms with Gasteiger partial charge in [0.1, 0.15) is 0 Å². The van der Waals surface area contributed by atoms with Crippen molar-refractivity contribution in [2.24, 2.45) is 5.92 Å². The minimum Gasteiger partial charge on any atom is -0.335 e. The molecule has 0 radical (unpaired) electrons. The van der Waals surface area contributed by atoms with Crippen molar-refractivity contribution in [2.75, 3.05) is 6.54 Å². The molecule has 1 aromatic heterocycles. The van der Waals surface area contributed by atoms with Crippen molar-refractivity contribution in [1.82, 2.24) is 9.88 Å². The zero-order chi connectivity index (χ0) is 12.4. The van der Waals surface area contributed by atoms with Gasteiger partial charge in [0.05, 0.1) is 6.04 Å². The summed E-state index contributed by atoms with van der Waals surface area (Å²) in [5, 5.41) is 0. The molecule has 18 heavy (non-hydrogen) atoms. The van der Waals surface area contributed by atoms with Gasteiger partial charge in [0.25, 0.3) is 0 Å². The zero-order valence-corrected chi connectivity index (χ0v) is 10.7. The second kappa shape index (κ2) is 5.09. The van der Waals surface area contributed by atoms with E-state index in [1.165, 1.54) is 18.4 Å². The van der Waals surface area contributed by atoms with Gasteiger partial charge in [-0.2, -0.15) is 0 Å². The van der Waals surface area contributed by atoms with Gasteiger partial charge < -0.3 is 4.90 Å². The van der Waals surface area contributed by atoms with E-state index in [-0.39, 0.29) is 6.04 Å². The summed E-state index contributed by atoms with van der Waals surface area (Å²) < 4.78 is 0. The van der Waals surface area contributed by atoms with Crippen molar-refractivity contribution in [3.05, 3.63) is 30.1 Å². The Morgan fingerprint density at radius 2 is 2.06 bits per heavy atom. The SMILES string of the molecule is O=C(C1CCCC1)N1CCCC1c1cccnc1. The van der Waals surface area contributed by atoms with Crippen molar-refractivity contribution in [1.29, 1.82) is 0 Å². The predicted octanol–water partition coefficient (Wildman–Crippen LogP) is 2.94. The Labute approximate surface area is 108 Å². The maximum absolute atomic E-state index is 12.5. The van der Waals surface area contributed by atoms with Crippen LogP contribution in [0.4, 0.5) is 0 Å². The fourth-order valence-corrected chi connectivity index (χ4v) is 3.36. The number of hydrogen-bond donors (Lipinski definition) is 0. The average molecular weight is 244 g/mol. The second-order valence-electron chi connectivity index (χ2n) is 5.46. The van der Waals surface area contributed by atoms with E-state index in [0.29, 0.717) is 11.8 Å². The molecule has 96 valence electrons. The highest BCUT2D eigenvalue weighted by molar-refractivity contribution is 5.79. The number of rotatable bonds is 2. The number of aromatic nitrogens is 1. The summed E-state index contributed by atoms with van der Waals surface area (Å²) in [4.78, 5) is 18.8. The first kappa shape index (κ1) is 11.7. The minimum atomic E-state index is 0.270. The highest BCUT2D eigenvalue weighted by Crippen LogP contribution is 2.35. The van der Waals surface area contributed by atoms with Gasteiger partial charge in [-0.3, -0.25) is 9.78 Å². The van der Waals surface area contributed by atoms with Gasteiger partial charge in [-0.05, 0) is 37.3 Å². The number of nitrogens with zero attached hydrogens (tertiary/aromatic N) is 2. The first-order valence-corrected chi connectivity index (χ1v) is 7.06. The summed E-state index contributed by atoms with van der Waals surface area (Å²) in [7, 11) is 0. The largest absolute Gasteiger partial charge is 0.335 e. The van der Waals surface area contributed by atoms with Crippen LogP contribution in [0.15, 0.2) is 24.5 Å². The summed E-state index contributed by atoms with van der Waals surface area (Å²) in [6, 6.07) is 4.33. The summed E-state index contributed by atoms with van der Waals surface area (Å²) in [6.07, 6.45) is 10.5. The standard InChI is InChI=1S/C15H20N2O/c18-15(12-5-1-2-6-12)17-10-4-8-14(17)13-7-3-9-16-11-13/h3,7,9,11-12,14H,1-2,4-6,8,10H2. The third-order valence-corrected chi connectivity index (χ3v) is 4.31. The molecular weight excluding hydrogens is 224 g/mol. The van der Waals surface area contributed by atoms with Gasteiger partial charge in [0, 0.05) is 24.9 Å². The van der Waals surface area contributed by atoms with E-state index in [2.05, 4.69) is 16.0 Å². The van der Waals surface area contributed by atoms with E-state index in [1.807, 2.05) is 12.3 Å². The normalized spacial score (nSPS) is 24.7. The lowest BCUT2D eigenvalue weighted by molar-refractivity contribution is -0.136. The van der Waals surface area contributed by atoms with Gasteiger partial charge in [-0.25, -0.2) is 0 Å². The predicted molar refractivity (Wildman–Crippen MR) is 69.9 cm³/mol. The lowest BCUT2D eigenvalue weighted by Crippen LogP contribution is -2.34. The molecule has 1 aliphatic heterocycles. The lowest BCUT2D eigenvalue weighted by Gasteiger charge is -2.27. The van der Waals surface area contributed by atoms with Gasteiger partial charge in [0.2, 0.25) is 5.91 Å². The molecule has 3 nitrogen and oxygen atoms in total. The van der Waals surface area contributed by atoms with Crippen LogP contribution in [0.5, 0.6) is 0 Å². The smallest absolute Gasteiger partial charge is 0.226 e. The molecule has 0 aromatic carbocycles. The van der Waals surface area contributed by atoms with E-state index >= 15 is 0 Å². The van der Waals surface area contributed by atoms with Crippen molar-refractivity contribution < 1.29 is 4.79 Å². The highest BCUT2D eigenvalue weighted by Gasteiger charge is 2.34. The summed E-state index contributed by atoms with van der Waals surface area (Å²) in [6.45, 7) is 0.925. The third kappa shape index (κ3) is 2.14.